The van der Waals surface area contributed by atoms with E-state index in [2.05, 4.69) is 15.7 Å². The van der Waals surface area contributed by atoms with Crippen molar-refractivity contribution in [3.05, 3.63) is 94.4 Å². The molecule has 1 N–H and O–H groups in total. The third-order valence-corrected chi connectivity index (χ3v) is 8.41. The lowest BCUT2D eigenvalue weighted by Crippen LogP contribution is -2.29. The van der Waals surface area contributed by atoms with E-state index in [1.54, 1.807) is 40.9 Å². The number of hydrogen-bond acceptors (Lipinski definition) is 7. The molecule has 10 heteroatoms. The van der Waals surface area contributed by atoms with Crippen LogP contribution in [0.5, 0.6) is 0 Å². The molecule has 2 heterocycles. The van der Waals surface area contributed by atoms with Gasteiger partial charge in [-0.25, -0.2) is 13.4 Å². The van der Waals surface area contributed by atoms with Gasteiger partial charge in [0, 0.05) is 17.6 Å². The van der Waals surface area contributed by atoms with Gasteiger partial charge in [0.05, 0.1) is 29.2 Å². The first-order chi connectivity index (χ1) is 16.8. The number of anilines is 2. The first-order valence-electron chi connectivity index (χ1n) is 10.7. The van der Waals surface area contributed by atoms with E-state index in [1.165, 1.54) is 11.8 Å². The van der Waals surface area contributed by atoms with Crippen LogP contribution in [-0.2, 0) is 21.4 Å². The van der Waals surface area contributed by atoms with E-state index in [-0.39, 0.29) is 5.91 Å². The van der Waals surface area contributed by atoms with Crippen LogP contribution in [0.3, 0.4) is 0 Å². The average molecular weight is 523 g/mol. The molecule has 1 amide bonds. The third kappa shape index (κ3) is 5.09. The van der Waals surface area contributed by atoms with Crippen LogP contribution in [0.25, 0.3) is 0 Å². The number of sulfonamides is 1. The van der Waals surface area contributed by atoms with E-state index in [4.69, 9.17) is 4.99 Å². The summed E-state index contributed by atoms with van der Waals surface area (Å²) in [6.45, 7) is 0.400. The van der Waals surface area contributed by atoms with Crippen molar-refractivity contribution in [2.24, 2.45) is 4.99 Å². The van der Waals surface area contributed by atoms with E-state index < -0.39 is 10.0 Å². The molecule has 7 nitrogen and oxygen atoms in total. The lowest BCUT2D eigenvalue weighted by molar-refractivity contribution is -0.122. The topological polar surface area (TPSA) is 82.1 Å². The Morgan fingerprint density at radius 2 is 1.60 bits per heavy atom. The number of amides is 1. The Morgan fingerprint density at radius 3 is 2.29 bits per heavy atom. The molecule has 1 saturated heterocycles. The van der Waals surface area contributed by atoms with Gasteiger partial charge >= 0.3 is 0 Å². The predicted molar refractivity (Wildman–Crippen MR) is 144 cm³/mol. The fourth-order valence-corrected chi connectivity index (χ4v) is 6.66. The van der Waals surface area contributed by atoms with Gasteiger partial charge in [-0.2, -0.15) is 0 Å². The van der Waals surface area contributed by atoms with E-state index in [9.17, 15) is 13.2 Å². The molecule has 35 heavy (non-hydrogen) atoms. The fourth-order valence-electron chi connectivity index (χ4n) is 3.75. The SMILES string of the molecule is CN1C(=C2SC(=Nc3ccc(NS(C)(=O)=O)cc3)N(Cc3ccccc3)C2=O)Sc2ccccc21. The van der Waals surface area contributed by atoms with Gasteiger partial charge in [-0.05, 0) is 53.7 Å². The number of hydrogen-bond donors (Lipinski definition) is 1. The van der Waals surface area contributed by atoms with Crippen LogP contribution in [0.15, 0.2) is 98.7 Å². The van der Waals surface area contributed by atoms with Crippen LogP contribution in [0.1, 0.15) is 5.56 Å². The molecule has 0 aliphatic carbocycles. The molecule has 0 saturated carbocycles. The number of para-hydroxylation sites is 1. The van der Waals surface area contributed by atoms with Crippen molar-refractivity contribution >= 4 is 61.7 Å². The molecule has 0 aromatic heterocycles. The summed E-state index contributed by atoms with van der Waals surface area (Å²) in [5, 5.41) is 1.47. The zero-order chi connectivity index (χ0) is 24.6. The highest BCUT2D eigenvalue weighted by atomic mass is 32.2. The first-order valence-corrected chi connectivity index (χ1v) is 14.3. The van der Waals surface area contributed by atoms with E-state index in [0.29, 0.717) is 28.0 Å². The van der Waals surface area contributed by atoms with Crippen LogP contribution in [0, 0.1) is 0 Å². The van der Waals surface area contributed by atoms with Gasteiger partial charge in [-0.3, -0.25) is 14.4 Å². The Bertz CT molecular complexity index is 1450. The van der Waals surface area contributed by atoms with E-state index in [0.717, 1.165) is 27.4 Å². The molecule has 0 spiro atoms. The molecule has 0 unspecified atom stereocenters. The molecular weight excluding hydrogens is 501 g/mol. The summed E-state index contributed by atoms with van der Waals surface area (Å²) >= 11 is 2.95. The maximum atomic E-state index is 13.7. The fraction of sp³-hybridized carbons (Fsp3) is 0.120. The molecule has 0 radical (unpaired) electrons. The number of carbonyl (C=O) groups excluding carboxylic acids is 1. The number of nitrogens with zero attached hydrogens (tertiary/aromatic N) is 3. The summed E-state index contributed by atoms with van der Waals surface area (Å²) < 4.78 is 25.4. The van der Waals surface area contributed by atoms with Crippen molar-refractivity contribution in [1.29, 1.82) is 0 Å². The number of fused-ring (bicyclic) bond motifs is 1. The maximum Gasteiger partial charge on any atom is 0.269 e. The lowest BCUT2D eigenvalue weighted by atomic mass is 10.2. The van der Waals surface area contributed by atoms with Crippen LogP contribution < -0.4 is 9.62 Å². The summed E-state index contributed by atoms with van der Waals surface area (Å²) in [7, 11) is -1.39. The molecule has 0 atom stereocenters. The molecule has 5 rings (SSSR count). The second-order valence-electron chi connectivity index (χ2n) is 8.06. The minimum atomic E-state index is -3.36. The average Bonchev–Trinajstić information content (AvgIpc) is 3.32. The zero-order valence-corrected chi connectivity index (χ0v) is 21.5. The molecule has 3 aromatic rings. The number of thioether (sulfide) groups is 2. The summed E-state index contributed by atoms with van der Waals surface area (Å²) in [4.78, 5) is 23.9. The smallest absolute Gasteiger partial charge is 0.269 e. The Balaban J connectivity index is 1.50. The number of benzene rings is 3. The third-order valence-electron chi connectivity index (χ3n) is 5.37. The zero-order valence-electron chi connectivity index (χ0n) is 19.0. The summed E-state index contributed by atoms with van der Waals surface area (Å²) in [6.07, 6.45) is 1.11. The Labute approximate surface area is 213 Å². The highest BCUT2D eigenvalue weighted by Gasteiger charge is 2.39. The van der Waals surface area contributed by atoms with Crippen molar-refractivity contribution < 1.29 is 13.2 Å². The van der Waals surface area contributed by atoms with Gasteiger partial charge in [-0.1, -0.05) is 54.2 Å². The summed E-state index contributed by atoms with van der Waals surface area (Å²) in [5.74, 6) is -0.0878. The van der Waals surface area contributed by atoms with E-state index in [1.807, 2.05) is 55.6 Å². The van der Waals surface area contributed by atoms with Crippen molar-refractivity contribution in [2.75, 3.05) is 22.9 Å². The molecule has 178 valence electrons. The standard InChI is InChI=1S/C25H22N4O3S3/c1-28-20-10-6-7-11-21(20)33-24(28)22-23(30)29(16-17-8-4-3-5-9-17)25(34-22)26-18-12-14-19(15-13-18)27-35(2,31)32/h3-15,27H,16H2,1-2H3. The largest absolute Gasteiger partial charge is 0.337 e. The van der Waals surface area contributed by atoms with Crippen molar-refractivity contribution in [2.45, 2.75) is 11.4 Å². The summed E-state index contributed by atoms with van der Waals surface area (Å²) in [6, 6.07) is 24.6. The maximum absolute atomic E-state index is 13.7. The highest BCUT2D eigenvalue weighted by molar-refractivity contribution is 8.19. The van der Waals surface area contributed by atoms with Crippen LogP contribution in [0.2, 0.25) is 0 Å². The molecular formula is C25H22N4O3S3. The Morgan fingerprint density at radius 1 is 0.914 bits per heavy atom. The van der Waals surface area contributed by atoms with Crippen molar-refractivity contribution in [1.82, 2.24) is 4.90 Å². The van der Waals surface area contributed by atoms with Crippen molar-refractivity contribution in [3.8, 4) is 0 Å². The van der Waals surface area contributed by atoms with Gasteiger partial charge in [0.25, 0.3) is 5.91 Å². The quantitative estimate of drug-likeness (QED) is 0.462. The molecule has 2 aliphatic rings. The Hall–Kier alpha value is -3.21. The van der Waals surface area contributed by atoms with Crippen molar-refractivity contribution in [3.63, 3.8) is 0 Å². The minimum absolute atomic E-state index is 0.0878. The predicted octanol–water partition coefficient (Wildman–Crippen LogP) is 5.23. The van der Waals surface area contributed by atoms with Gasteiger partial charge in [0.15, 0.2) is 5.17 Å². The number of amidine groups is 1. The molecule has 1 fully saturated rings. The van der Waals surface area contributed by atoms with Crippen LogP contribution in [0.4, 0.5) is 17.1 Å². The molecule has 2 aliphatic heterocycles. The number of carbonyl (C=O) groups is 1. The number of rotatable bonds is 5. The van der Waals surface area contributed by atoms with Gasteiger partial charge in [0.1, 0.15) is 4.91 Å². The normalized spacial score (nSPS) is 18.9. The second kappa shape index (κ2) is 9.44. The minimum Gasteiger partial charge on any atom is -0.337 e. The van der Waals surface area contributed by atoms with E-state index >= 15 is 0 Å². The van der Waals surface area contributed by atoms with Gasteiger partial charge in [-0.15, -0.1) is 0 Å². The number of nitrogens with one attached hydrogen (secondary N) is 1. The monoisotopic (exact) mass is 522 g/mol. The molecule has 3 aromatic carbocycles. The van der Waals surface area contributed by atoms with Crippen LogP contribution in [-0.4, -0.2) is 37.7 Å². The highest BCUT2D eigenvalue weighted by Crippen LogP contribution is 2.50. The first kappa shape index (κ1) is 23.5. The van der Waals surface area contributed by atoms with Gasteiger partial charge in [0.2, 0.25) is 10.0 Å². The summed E-state index contributed by atoms with van der Waals surface area (Å²) in [5.41, 5.74) is 3.16. The van der Waals surface area contributed by atoms with Crippen LogP contribution >= 0.6 is 23.5 Å². The Kier molecular flexibility index (Phi) is 6.35. The molecule has 0 bridgehead atoms. The second-order valence-corrected chi connectivity index (χ2v) is 11.8. The van der Waals surface area contributed by atoms with Gasteiger partial charge < -0.3 is 4.90 Å². The number of aliphatic imine (C=N–C) groups is 1. The lowest BCUT2D eigenvalue weighted by Gasteiger charge is -2.17.